The standard InChI is InChI=1S/C27H34O2/c1-19(20-6-2-3-7-20)18-26(21-8-4-5-9-21)27(22-10-14-24(28)15-11-22)23-12-16-25(29)17-13-23/h10-17,19-21,28-29H,2-9,18H2,1H3. The van der Waals surface area contributed by atoms with Crippen molar-refractivity contribution in [2.24, 2.45) is 17.8 Å². The van der Waals surface area contributed by atoms with Crippen molar-refractivity contribution >= 4 is 5.57 Å². The third kappa shape index (κ3) is 4.69. The molecule has 0 saturated heterocycles. The molecule has 0 spiro atoms. The van der Waals surface area contributed by atoms with Crippen molar-refractivity contribution in [1.82, 2.24) is 0 Å². The Hall–Kier alpha value is -2.22. The Kier molecular flexibility index (Phi) is 6.28. The number of hydrogen-bond acceptors (Lipinski definition) is 2. The summed E-state index contributed by atoms with van der Waals surface area (Å²) in [5.41, 5.74) is 5.27. The van der Waals surface area contributed by atoms with E-state index in [4.69, 9.17) is 0 Å². The fourth-order valence-electron chi connectivity index (χ4n) is 5.58. The molecule has 0 bridgehead atoms. The molecule has 0 heterocycles. The second-order valence-corrected chi connectivity index (χ2v) is 9.20. The molecule has 0 aromatic heterocycles. The minimum Gasteiger partial charge on any atom is -0.508 e. The van der Waals surface area contributed by atoms with Crippen LogP contribution < -0.4 is 0 Å². The van der Waals surface area contributed by atoms with E-state index in [1.54, 1.807) is 29.8 Å². The lowest BCUT2D eigenvalue weighted by Gasteiger charge is -2.27. The van der Waals surface area contributed by atoms with Gasteiger partial charge in [0.25, 0.3) is 0 Å². The summed E-state index contributed by atoms with van der Waals surface area (Å²) in [7, 11) is 0. The summed E-state index contributed by atoms with van der Waals surface area (Å²) in [5.74, 6) is 2.82. The molecule has 0 amide bonds. The van der Waals surface area contributed by atoms with E-state index in [2.05, 4.69) is 6.92 Å². The van der Waals surface area contributed by atoms with Crippen molar-refractivity contribution < 1.29 is 10.2 Å². The van der Waals surface area contributed by atoms with E-state index in [0.29, 0.717) is 23.3 Å². The molecule has 2 aliphatic rings. The van der Waals surface area contributed by atoms with Crippen molar-refractivity contribution in [2.45, 2.75) is 64.7 Å². The van der Waals surface area contributed by atoms with Crippen LogP contribution in [-0.2, 0) is 0 Å². The maximum Gasteiger partial charge on any atom is 0.115 e. The summed E-state index contributed by atoms with van der Waals surface area (Å²) in [5, 5.41) is 19.7. The van der Waals surface area contributed by atoms with E-state index in [-0.39, 0.29) is 0 Å². The van der Waals surface area contributed by atoms with E-state index in [9.17, 15) is 10.2 Å². The van der Waals surface area contributed by atoms with Crippen LogP contribution in [0.4, 0.5) is 0 Å². The summed E-state index contributed by atoms with van der Waals surface area (Å²) < 4.78 is 0. The van der Waals surface area contributed by atoms with E-state index >= 15 is 0 Å². The Morgan fingerprint density at radius 1 is 0.759 bits per heavy atom. The Morgan fingerprint density at radius 2 is 1.21 bits per heavy atom. The van der Waals surface area contributed by atoms with Gasteiger partial charge in [-0.05, 0) is 78.0 Å². The zero-order valence-electron chi connectivity index (χ0n) is 17.6. The lowest BCUT2D eigenvalue weighted by Crippen LogP contribution is -2.14. The number of hydrogen-bond donors (Lipinski definition) is 2. The minimum atomic E-state index is 0.306. The maximum absolute atomic E-state index is 9.84. The Labute approximate surface area is 175 Å². The summed E-state index contributed by atoms with van der Waals surface area (Å²) in [6.07, 6.45) is 11.9. The van der Waals surface area contributed by atoms with Crippen LogP contribution in [0.5, 0.6) is 11.5 Å². The quantitative estimate of drug-likeness (QED) is 0.543. The first-order chi connectivity index (χ1) is 14.1. The third-order valence-electron chi connectivity index (χ3n) is 7.23. The highest BCUT2D eigenvalue weighted by Crippen LogP contribution is 2.44. The van der Waals surface area contributed by atoms with Crippen LogP contribution in [0.15, 0.2) is 54.1 Å². The topological polar surface area (TPSA) is 40.5 Å². The fourth-order valence-corrected chi connectivity index (χ4v) is 5.58. The SMILES string of the molecule is CC(CC(=C(c1ccc(O)cc1)c1ccc(O)cc1)C1CCCC1)C1CCCC1. The molecule has 4 rings (SSSR count). The molecule has 29 heavy (non-hydrogen) atoms. The van der Waals surface area contributed by atoms with Gasteiger partial charge in [-0.15, -0.1) is 0 Å². The highest BCUT2D eigenvalue weighted by Gasteiger charge is 2.28. The number of benzene rings is 2. The van der Waals surface area contributed by atoms with Gasteiger partial charge >= 0.3 is 0 Å². The van der Waals surface area contributed by atoms with Crippen molar-refractivity contribution in [3.63, 3.8) is 0 Å². The third-order valence-corrected chi connectivity index (χ3v) is 7.23. The van der Waals surface area contributed by atoms with Gasteiger partial charge in [0.2, 0.25) is 0 Å². The predicted molar refractivity (Wildman–Crippen MR) is 120 cm³/mol. The van der Waals surface area contributed by atoms with Gasteiger partial charge in [-0.25, -0.2) is 0 Å². The average molecular weight is 391 g/mol. The molecule has 2 saturated carbocycles. The van der Waals surface area contributed by atoms with E-state index in [0.717, 1.165) is 12.3 Å². The highest BCUT2D eigenvalue weighted by atomic mass is 16.3. The normalized spacial score (nSPS) is 18.8. The van der Waals surface area contributed by atoms with Crippen molar-refractivity contribution in [3.05, 3.63) is 65.2 Å². The van der Waals surface area contributed by atoms with Crippen LogP contribution in [0.2, 0.25) is 0 Å². The van der Waals surface area contributed by atoms with E-state index < -0.39 is 0 Å². The molecular formula is C27H34O2. The zero-order valence-corrected chi connectivity index (χ0v) is 17.6. The monoisotopic (exact) mass is 390 g/mol. The molecule has 2 aromatic carbocycles. The average Bonchev–Trinajstić information content (AvgIpc) is 3.44. The van der Waals surface area contributed by atoms with Crippen LogP contribution in [0.25, 0.3) is 5.57 Å². The number of phenolic OH excluding ortho intramolecular Hbond substituents is 2. The van der Waals surface area contributed by atoms with Gasteiger partial charge in [0.1, 0.15) is 11.5 Å². The Morgan fingerprint density at radius 3 is 1.69 bits per heavy atom. The van der Waals surface area contributed by atoms with Crippen LogP contribution in [0, 0.1) is 17.8 Å². The number of allylic oxidation sites excluding steroid dienone is 1. The lowest BCUT2D eigenvalue weighted by molar-refractivity contribution is 0.353. The first-order valence-electron chi connectivity index (χ1n) is 11.4. The van der Waals surface area contributed by atoms with Gasteiger partial charge in [-0.1, -0.05) is 75.3 Å². The molecule has 2 N–H and O–H groups in total. The highest BCUT2D eigenvalue weighted by molar-refractivity contribution is 5.83. The molecule has 1 atom stereocenters. The largest absolute Gasteiger partial charge is 0.508 e. The van der Waals surface area contributed by atoms with Crippen molar-refractivity contribution in [1.29, 1.82) is 0 Å². The summed E-state index contributed by atoms with van der Waals surface area (Å²) in [6, 6.07) is 15.4. The molecular weight excluding hydrogens is 356 g/mol. The van der Waals surface area contributed by atoms with Crippen LogP contribution in [0.3, 0.4) is 0 Å². The predicted octanol–water partition coefficient (Wildman–Crippen LogP) is 7.31. The summed E-state index contributed by atoms with van der Waals surface area (Å²) in [4.78, 5) is 0. The van der Waals surface area contributed by atoms with Gasteiger partial charge in [-0.2, -0.15) is 0 Å². The van der Waals surface area contributed by atoms with Crippen LogP contribution >= 0.6 is 0 Å². The first-order valence-corrected chi connectivity index (χ1v) is 11.4. The zero-order chi connectivity index (χ0) is 20.2. The molecule has 0 radical (unpaired) electrons. The molecule has 2 aromatic rings. The number of phenols is 2. The minimum absolute atomic E-state index is 0.306. The van der Waals surface area contributed by atoms with E-state index in [1.165, 1.54) is 68.1 Å². The summed E-state index contributed by atoms with van der Waals surface area (Å²) in [6.45, 7) is 2.45. The van der Waals surface area contributed by atoms with Crippen molar-refractivity contribution in [2.75, 3.05) is 0 Å². The van der Waals surface area contributed by atoms with E-state index in [1.807, 2.05) is 24.3 Å². The molecule has 2 heteroatoms. The fraction of sp³-hybridized carbons (Fsp3) is 0.481. The number of rotatable bonds is 6. The molecule has 1 unspecified atom stereocenters. The molecule has 154 valence electrons. The second kappa shape index (κ2) is 9.07. The van der Waals surface area contributed by atoms with Crippen molar-refractivity contribution in [3.8, 4) is 11.5 Å². The van der Waals surface area contributed by atoms with Crippen LogP contribution in [-0.4, -0.2) is 10.2 Å². The van der Waals surface area contributed by atoms with Crippen LogP contribution in [0.1, 0.15) is 75.8 Å². The second-order valence-electron chi connectivity index (χ2n) is 9.20. The molecule has 2 aliphatic carbocycles. The molecule has 2 nitrogen and oxygen atoms in total. The molecule has 0 aliphatic heterocycles. The first kappa shape index (κ1) is 20.1. The number of aromatic hydroxyl groups is 2. The molecule has 2 fully saturated rings. The Bertz CT molecular complexity index is 772. The van der Waals surface area contributed by atoms with Gasteiger partial charge in [0.05, 0.1) is 0 Å². The summed E-state index contributed by atoms with van der Waals surface area (Å²) >= 11 is 0. The maximum atomic E-state index is 9.84. The Balaban J connectivity index is 1.81. The van der Waals surface area contributed by atoms with Gasteiger partial charge in [-0.3, -0.25) is 0 Å². The van der Waals surface area contributed by atoms with Gasteiger partial charge in [0, 0.05) is 0 Å². The van der Waals surface area contributed by atoms with Gasteiger partial charge in [0.15, 0.2) is 0 Å². The lowest BCUT2D eigenvalue weighted by atomic mass is 9.78. The van der Waals surface area contributed by atoms with Gasteiger partial charge < -0.3 is 10.2 Å². The smallest absolute Gasteiger partial charge is 0.115 e.